The van der Waals surface area contributed by atoms with Crippen molar-refractivity contribution < 1.29 is 9.84 Å². The Morgan fingerprint density at radius 1 is 0.740 bits per heavy atom. The van der Waals surface area contributed by atoms with Crippen LogP contribution in [0.25, 0.3) is 33.4 Å². The van der Waals surface area contributed by atoms with Gasteiger partial charge in [0.1, 0.15) is 39.3 Å². The van der Waals surface area contributed by atoms with Gasteiger partial charge in [-0.2, -0.15) is 4.80 Å². The van der Waals surface area contributed by atoms with Gasteiger partial charge in [0.25, 0.3) is 0 Å². The van der Waals surface area contributed by atoms with E-state index in [1.807, 2.05) is 48.5 Å². The van der Waals surface area contributed by atoms with Crippen LogP contribution in [0.3, 0.4) is 0 Å². The second-order valence-corrected chi connectivity index (χ2v) is 15.8. The molecular weight excluding hydrogens is 621 g/mol. The lowest BCUT2D eigenvalue weighted by atomic mass is 9.72. The molecule has 0 amide bonds. The lowest BCUT2D eigenvalue weighted by molar-refractivity contribution is 0.233. The zero-order chi connectivity index (χ0) is 35.6. The number of hydrogen-bond donors (Lipinski definition) is 1. The smallest absolute Gasteiger partial charge is 0.146 e. The van der Waals surface area contributed by atoms with E-state index in [4.69, 9.17) is 25.1 Å². The Morgan fingerprint density at radius 2 is 1.40 bits per heavy atom. The Balaban J connectivity index is 1.38. The number of unbranched alkanes of at least 4 members (excludes halogenated alkanes) is 1. The molecule has 50 heavy (non-hydrogen) atoms. The number of rotatable bonds is 13. The molecule has 0 saturated heterocycles. The molecule has 1 N–H and O–H groups in total. The summed E-state index contributed by atoms with van der Waals surface area (Å²) in [6.07, 6.45) is 6.15. The monoisotopic (exact) mass is 672 g/mol. The number of hydrogen-bond acceptors (Lipinski definition) is 6. The Bertz CT molecular complexity index is 2070. The SMILES string of the molecule is CCCCC(CC)COc1ccc2nn(-c3cc(C)ccc3Cc3cc(C(C)(C)CC(C)(C)C)cc(-n4nc5ccccc5n4)c3O)nc2c1. The summed E-state index contributed by atoms with van der Waals surface area (Å²) in [5.41, 5.74) is 8.54. The van der Waals surface area contributed by atoms with E-state index in [9.17, 15) is 5.11 Å². The van der Waals surface area contributed by atoms with Gasteiger partial charge >= 0.3 is 0 Å². The fraction of sp³-hybridized carbons (Fsp3) is 0.429. The standard InChI is InChI=1S/C42H52N6O2/c1-9-11-14-29(10-2)26-50-33-19-20-36-37(25-33)46-47(45-36)38-21-28(3)17-18-30(38)22-31-23-32(42(7,8)27-41(4,5)6)24-39(40(31)49)48-43-34-15-12-13-16-35(34)44-48/h12-13,15-21,23-25,29,49H,9-11,14,22,26-27H2,1-8H3. The third-order valence-electron chi connectivity index (χ3n) is 9.64. The molecule has 0 bridgehead atoms. The fourth-order valence-electron chi connectivity index (χ4n) is 7.17. The van der Waals surface area contributed by atoms with E-state index in [1.165, 1.54) is 19.3 Å². The highest BCUT2D eigenvalue weighted by atomic mass is 16.5. The second-order valence-electron chi connectivity index (χ2n) is 15.8. The molecule has 1 atom stereocenters. The Hall–Kier alpha value is -4.72. The summed E-state index contributed by atoms with van der Waals surface area (Å²) in [5.74, 6) is 1.53. The topological polar surface area (TPSA) is 90.9 Å². The molecule has 6 aromatic rings. The van der Waals surface area contributed by atoms with Crippen molar-refractivity contribution in [1.82, 2.24) is 30.0 Å². The molecule has 1 unspecified atom stereocenters. The average molecular weight is 673 g/mol. The van der Waals surface area contributed by atoms with Crippen LogP contribution in [0.5, 0.6) is 11.5 Å². The van der Waals surface area contributed by atoms with Gasteiger partial charge in [-0.1, -0.05) is 98.1 Å². The molecule has 0 aliphatic heterocycles. The first-order valence-corrected chi connectivity index (χ1v) is 18.1. The Kier molecular flexibility index (Phi) is 10.0. The summed E-state index contributed by atoms with van der Waals surface area (Å²) in [7, 11) is 0. The van der Waals surface area contributed by atoms with Crippen molar-refractivity contribution in [3.63, 3.8) is 0 Å². The van der Waals surface area contributed by atoms with Crippen LogP contribution < -0.4 is 4.74 Å². The summed E-state index contributed by atoms with van der Waals surface area (Å²) in [4.78, 5) is 3.30. The Morgan fingerprint density at radius 3 is 2.06 bits per heavy atom. The van der Waals surface area contributed by atoms with Crippen molar-refractivity contribution >= 4 is 22.1 Å². The van der Waals surface area contributed by atoms with Crippen molar-refractivity contribution in [2.45, 2.75) is 99.3 Å². The summed E-state index contributed by atoms with van der Waals surface area (Å²) >= 11 is 0. The van der Waals surface area contributed by atoms with E-state index >= 15 is 0 Å². The van der Waals surface area contributed by atoms with Crippen LogP contribution in [-0.4, -0.2) is 41.7 Å². The minimum atomic E-state index is -0.174. The number of aryl methyl sites for hydroxylation is 1. The van der Waals surface area contributed by atoms with Gasteiger partial charge in [0.05, 0.1) is 12.3 Å². The summed E-state index contributed by atoms with van der Waals surface area (Å²) < 4.78 is 6.23. The molecule has 0 aliphatic rings. The van der Waals surface area contributed by atoms with E-state index < -0.39 is 0 Å². The number of phenols is 1. The molecule has 0 aliphatic carbocycles. The zero-order valence-electron chi connectivity index (χ0n) is 31.0. The van der Waals surface area contributed by atoms with Gasteiger partial charge in [-0.05, 0) is 89.6 Å². The number of ether oxygens (including phenoxy) is 1. The third-order valence-corrected chi connectivity index (χ3v) is 9.64. The highest BCUT2D eigenvalue weighted by Gasteiger charge is 2.30. The van der Waals surface area contributed by atoms with Crippen LogP contribution in [-0.2, 0) is 11.8 Å². The number of fused-ring (bicyclic) bond motifs is 2. The van der Waals surface area contributed by atoms with E-state index in [-0.39, 0.29) is 16.6 Å². The van der Waals surface area contributed by atoms with Gasteiger partial charge in [-0.15, -0.1) is 25.2 Å². The average Bonchev–Trinajstić information content (AvgIpc) is 3.69. The molecule has 8 nitrogen and oxygen atoms in total. The Labute approximate surface area is 296 Å². The number of aromatic nitrogens is 6. The van der Waals surface area contributed by atoms with Crippen molar-refractivity contribution in [2.75, 3.05) is 6.61 Å². The van der Waals surface area contributed by atoms with Crippen LogP contribution in [0.1, 0.15) is 103 Å². The van der Waals surface area contributed by atoms with Crippen LogP contribution in [0, 0.1) is 18.3 Å². The lowest BCUT2D eigenvalue weighted by Crippen LogP contribution is -2.25. The van der Waals surface area contributed by atoms with Gasteiger partial charge in [0.15, 0.2) is 0 Å². The van der Waals surface area contributed by atoms with Crippen molar-refractivity contribution in [3.8, 4) is 22.9 Å². The number of benzene rings is 4. The van der Waals surface area contributed by atoms with Crippen molar-refractivity contribution in [1.29, 1.82) is 0 Å². The summed E-state index contributed by atoms with van der Waals surface area (Å²) in [5, 5.41) is 31.2. The molecule has 262 valence electrons. The highest BCUT2D eigenvalue weighted by Crippen LogP contribution is 2.40. The van der Waals surface area contributed by atoms with Gasteiger partial charge in [-0.25, -0.2) is 0 Å². The first-order chi connectivity index (χ1) is 23.8. The predicted molar refractivity (Wildman–Crippen MR) is 203 cm³/mol. The molecule has 4 aromatic carbocycles. The van der Waals surface area contributed by atoms with E-state index in [0.717, 1.165) is 68.6 Å². The van der Waals surface area contributed by atoms with E-state index in [0.29, 0.717) is 24.6 Å². The van der Waals surface area contributed by atoms with Crippen LogP contribution >= 0.6 is 0 Å². The second kappa shape index (κ2) is 14.3. The largest absolute Gasteiger partial charge is 0.505 e. The van der Waals surface area contributed by atoms with E-state index in [2.05, 4.69) is 79.7 Å². The fourth-order valence-corrected chi connectivity index (χ4v) is 7.17. The maximum atomic E-state index is 11.9. The number of phenolic OH excluding ortho intramolecular Hbond substituents is 1. The first-order valence-electron chi connectivity index (χ1n) is 18.1. The molecule has 0 saturated carbocycles. The van der Waals surface area contributed by atoms with Crippen LogP contribution in [0.15, 0.2) is 72.8 Å². The normalized spacial score (nSPS) is 13.0. The number of aromatic hydroxyl groups is 1. The minimum Gasteiger partial charge on any atom is -0.505 e. The molecule has 0 spiro atoms. The van der Waals surface area contributed by atoms with Gasteiger partial charge in [-0.3, -0.25) is 0 Å². The molecule has 6 rings (SSSR count). The molecule has 0 fully saturated rings. The third kappa shape index (κ3) is 7.85. The van der Waals surface area contributed by atoms with Gasteiger partial charge in [0.2, 0.25) is 0 Å². The maximum absolute atomic E-state index is 11.9. The molecule has 2 heterocycles. The highest BCUT2D eigenvalue weighted by molar-refractivity contribution is 5.76. The summed E-state index contributed by atoms with van der Waals surface area (Å²) in [6, 6.07) is 24.3. The zero-order valence-corrected chi connectivity index (χ0v) is 31.0. The molecule has 8 heteroatoms. The first kappa shape index (κ1) is 35.1. The van der Waals surface area contributed by atoms with Crippen molar-refractivity contribution in [3.05, 3.63) is 95.1 Å². The van der Waals surface area contributed by atoms with Gasteiger partial charge in [0, 0.05) is 18.1 Å². The molecule has 0 radical (unpaired) electrons. The quantitative estimate of drug-likeness (QED) is 0.131. The molecular formula is C42H52N6O2. The number of nitrogens with zero attached hydrogens (tertiary/aromatic N) is 6. The van der Waals surface area contributed by atoms with Crippen LogP contribution in [0.4, 0.5) is 0 Å². The lowest BCUT2D eigenvalue weighted by Gasteiger charge is -2.33. The van der Waals surface area contributed by atoms with E-state index in [1.54, 1.807) is 9.59 Å². The molecule has 2 aromatic heterocycles. The van der Waals surface area contributed by atoms with Crippen LogP contribution in [0.2, 0.25) is 0 Å². The predicted octanol–water partition coefficient (Wildman–Crippen LogP) is 10.1. The van der Waals surface area contributed by atoms with Gasteiger partial charge < -0.3 is 9.84 Å². The minimum absolute atomic E-state index is 0.107. The maximum Gasteiger partial charge on any atom is 0.146 e. The summed E-state index contributed by atoms with van der Waals surface area (Å²) in [6.45, 7) is 18.6. The van der Waals surface area contributed by atoms with Crippen molar-refractivity contribution in [2.24, 2.45) is 11.3 Å².